The highest BCUT2D eigenvalue weighted by atomic mass is 16.6. The van der Waals surface area contributed by atoms with Gasteiger partial charge >= 0.3 is 24.2 Å². The quantitative estimate of drug-likeness (QED) is 0.0462. The normalized spacial score (nSPS) is 15.2. The summed E-state index contributed by atoms with van der Waals surface area (Å²) in [5.41, 5.74) is -2.54. The first kappa shape index (κ1) is 57.5. The van der Waals surface area contributed by atoms with Gasteiger partial charge in [0.05, 0.1) is 7.11 Å². The van der Waals surface area contributed by atoms with Crippen LogP contribution in [0, 0.1) is 12.3 Å². The van der Waals surface area contributed by atoms with Crippen molar-refractivity contribution in [2.45, 2.75) is 160 Å². The van der Waals surface area contributed by atoms with Crippen LogP contribution in [0.25, 0.3) is 0 Å². The van der Waals surface area contributed by atoms with Crippen molar-refractivity contribution in [3.63, 3.8) is 0 Å². The second-order valence-corrected chi connectivity index (χ2v) is 20.1. The summed E-state index contributed by atoms with van der Waals surface area (Å²) in [6, 6.07) is 12.8. The van der Waals surface area contributed by atoms with E-state index in [2.05, 4.69) is 37.8 Å². The van der Waals surface area contributed by atoms with Crippen LogP contribution < -0.4 is 31.9 Å². The number of esters is 1. The maximum absolute atomic E-state index is 14.4. The van der Waals surface area contributed by atoms with Crippen LogP contribution in [0.15, 0.2) is 60.7 Å². The standard InChI is InChI=1S/C51H73N7O12/c1-12-21-36(53-41(60)38(32-34-22-15-13-16-23-34)55-42(61)39(33-35-24-17-14-18-25-35)56-46(65)69-49(5,6)7)40(59)54-37(26-19-20-29-52-45(64)68-48(2,3)4)43(62)58-30-27-51(28-31-58,44(63)67-11)57-47(66)70-50(8,9)10/h1,13-18,22-25,36-39H,19-21,26-33H2,2-11H3,(H,52,64)(H,53,60)(H,54,59)(H,55,61)(H,56,65)(H,57,66). The Hall–Kier alpha value is -6.84. The third-order valence-electron chi connectivity index (χ3n) is 10.6. The Morgan fingerprint density at radius 3 is 1.54 bits per heavy atom. The number of ether oxygens (including phenoxy) is 4. The number of likely N-dealkylation sites (tertiary alicyclic amines) is 1. The minimum Gasteiger partial charge on any atom is -0.467 e. The predicted octanol–water partition coefficient (Wildman–Crippen LogP) is 4.60. The van der Waals surface area contributed by atoms with E-state index in [0.29, 0.717) is 18.4 Å². The van der Waals surface area contributed by atoms with Gasteiger partial charge in [0.15, 0.2) is 0 Å². The topological polar surface area (TPSA) is 249 Å². The monoisotopic (exact) mass is 976 g/mol. The Balaban J connectivity index is 1.89. The van der Waals surface area contributed by atoms with Gasteiger partial charge in [0.2, 0.25) is 23.6 Å². The molecule has 1 aliphatic heterocycles. The highest BCUT2D eigenvalue weighted by Crippen LogP contribution is 2.26. The molecule has 1 heterocycles. The van der Waals surface area contributed by atoms with Gasteiger partial charge in [-0.3, -0.25) is 19.2 Å². The van der Waals surface area contributed by atoms with Crippen molar-refractivity contribution in [3.05, 3.63) is 71.8 Å². The van der Waals surface area contributed by atoms with Crippen molar-refractivity contribution in [2.24, 2.45) is 0 Å². The molecule has 19 heteroatoms. The van der Waals surface area contributed by atoms with Crippen molar-refractivity contribution in [1.29, 1.82) is 0 Å². The van der Waals surface area contributed by atoms with Crippen LogP contribution in [0.4, 0.5) is 14.4 Å². The molecule has 0 bridgehead atoms. The summed E-state index contributed by atoms with van der Waals surface area (Å²) in [6.07, 6.45) is 3.94. The average molecular weight is 976 g/mol. The van der Waals surface area contributed by atoms with E-state index >= 15 is 0 Å². The molecule has 0 aromatic heterocycles. The summed E-state index contributed by atoms with van der Waals surface area (Å²) in [5.74, 6) is -1.07. The van der Waals surface area contributed by atoms with Crippen LogP contribution >= 0.6 is 0 Å². The van der Waals surface area contributed by atoms with Crippen LogP contribution in [0.1, 0.15) is 112 Å². The largest absolute Gasteiger partial charge is 0.467 e. The van der Waals surface area contributed by atoms with Crippen LogP contribution in [-0.4, -0.2) is 126 Å². The number of terminal acetylenes is 1. The van der Waals surface area contributed by atoms with Gasteiger partial charge in [0.25, 0.3) is 0 Å². The van der Waals surface area contributed by atoms with Gasteiger partial charge in [-0.05, 0) is 106 Å². The molecule has 4 atom stereocenters. The van der Waals surface area contributed by atoms with Crippen molar-refractivity contribution >= 4 is 47.9 Å². The number of methoxy groups -OCH3 is 1. The Bertz CT molecular complexity index is 2130. The number of unbranched alkanes of at least 4 members (excludes halogenated alkanes) is 1. The van der Waals surface area contributed by atoms with E-state index in [1.807, 2.05) is 6.07 Å². The fraction of sp³-hybridized carbons (Fsp3) is 0.569. The van der Waals surface area contributed by atoms with Gasteiger partial charge in [-0.25, -0.2) is 19.2 Å². The third-order valence-corrected chi connectivity index (χ3v) is 10.6. The Morgan fingerprint density at radius 2 is 1.06 bits per heavy atom. The van der Waals surface area contributed by atoms with Crippen molar-refractivity contribution < 1.29 is 57.3 Å². The molecular formula is C51H73N7O12. The number of carbonyl (C=O) groups is 8. The fourth-order valence-corrected chi connectivity index (χ4v) is 7.35. The molecule has 3 rings (SSSR count). The lowest BCUT2D eigenvalue weighted by atomic mass is 9.87. The van der Waals surface area contributed by atoms with E-state index < -0.39 is 94.4 Å². The minimum absolute atomic E-state index is 0.0173. The molecule has 0 spiro atoms. The number of amides is 7. The summed E-state index contributed by atoms with van der Waals surface area (Å²) < 4.78 is 21.2. The first-order valence-corrected chi connectivity index (χ1v) is 23.5. The number of nitrogens with zero attached hydrogens (tertiary/aromatic N) is 1. The Morgan fingerprint density at radius 1 is 0.614 bits per heavy atom. The van der Waals surface area contributed by atoms with Crippen LogP contribution in [0.5, 0.6) is 0 Å². The summed E-state index contributed by atoms with van der Waals surface area (Å²) in [7, 11) is 1.19. The van der Waals surface area contributed by atoms with Crippen LogP contribution in [-0.2, 0) is 55.8 Å². The van der Waals surface area contributed by atoms with Crippen molar-refractivity contribution in [3.8, 4) is 12.3 Å². The zero-order valence-electron chi connectivity index (χ0n) is 42.3. The number of rotatable bonds is 20. The summed E-state index contributed by atoms with van der Waals surface area (Å²) in [5, 5.41) is 16.2. The number of piperidine rings is 1. The molecule has 1 saturated heterocycles. The van der Waals surface area contributed by atoms with Crippen LogP contribution in [0.2, 0.25) is 0 Å². The molecule has 384 valence electrons. The molecule has 2 aromatic carbocycles. The van der Waals surface area contributed by atoms with E-state index in [4.69, 9.17) is 25.4 Å². The summed E-state index contributed by atoms with van der Waals surface area (Å²) >= 11 is 0. The van der Waals surface area contributed by atoms with Gasteiger partial charge < -0.3 is 55.7 Å². The van der Waals surface area contributed by atoms with Gasteiger partial charge in [-0.1, -0.05) is 60.7 Å². The highest BCUT2D eigenvalue weighted by molar-refractivity contribution is 5.96. The maximum atomic E-state index is 14.4. The lowest BCUT2D eigenvalue weighted by molar-refractivity contribution is -0.153. The summed E-state index contributed by atoms with van der Waals surface area (Å²) in [4.78, 5) is 110. The molecule has 70 heavy (non-hydrogen) atoms. The maximum Gasteiger partial charge on any atom is 0.408 e. The Kier molecular flexibility index (Phi) is 21.5. The first-order valence-electron chi connectivity index (χ1n) is 23.5. The fourth-order valence-electron chi connectivity index (χ4n) is 7.35. The summed E-state index contributed by atoms with van der Waals surface area (Å²) in [6.45, 7) is 15.5. The number of hydrogen-bond donors (Lipinski definition) is 6. The number of nitrogens with one attached hydrogen (secondary N) is 6. The number of benzene rings is 2. The zero-order valence-corrected chi connectivity index (χ0v) is 42.3. The molecule has 19 nitrogen and oxygen atoms in total. The van der Waals surface area contributed by atoms with E-state index in [1.54, 1.807) is 117 Å². The average Bonchev–Trinajstić information content (AvgIpc) is 3.26. The van der Waals surface area contributed by atoms with E-state index in [9.17, 15) is 38.4 Å². The molecular weight excluding hydrogens is 903 g/mol. The SMILES string of the molecule is C#CCC(NC(=O)C(Cc1ccccc1)NC(=O)C(Cc1ccccc1)NC(=O)OC(C)(C)C)C(=O)NC(CCCCNC(=O)OC(C)(C)C)C(=O)N1CCC(NC(=O)OC(C)(C)C)(C(=O)OC)CC1. The zero-order chi connectivity index (χ0) is 52.3. The molecule has 0 saturated carbocycles. The number of hydrogen-bond acceptors (Lipinski definition) is 12. The first-order chi connectivity index (χ1) is 32.7. The lowest BCUT2D eigenvalue weighted by Crippen LogP contribution is -2.63. The van der Waals surface area contributed by atoms with Crippen molar-refractivity contribution in [1.82, 2.24) is 36.8 Å². The van der Waals surface area contributed by atoms with Crippen LogP contribution in [0.3, 0.4) is 0 Å². The minimum atomic E-state index is -1.50. The van der Waals surface area contributed by atoms with Gasteiger partial charge in [0, 0.05) is 38.9 Å². The highest BCUT2D eigenvalue weighted by Gasteiger charge is 2.46. The van der Waals surface area contributed by atoms with Gasteiger partial charge in [-0.2, -0.15) is 0 Å². The molecule has 7 amide bonds. The van der Waals surface area contributed by atoms with Gasteiger partial charge in [0.1, 0.15) is 46.5 Å². The predicted molar refractivity (Wildman–Crippen MR) is 261 cm³/mol. The van der Waals surface area contributed by atoms with Crippen molar-refractivity contribution in [2.75, 3.05) is 26.7 Å². The molecule has 1 aliphatic rings. The molecule has 1 fully saturated rings. The van der Waals surface area contributed by atoms with E-state index in [-0.39, 0.29) is 58.2 Å². The number of carbonyl (C=O) groups excluding carboxylic acids is 8. The van der Waals surface area contributed by atoms with Gasteiger partial charge in [-0.15, -0.1) is 12.3 Å². The molecule has 6 N–H and O–H groups in total. The third kappa shape index (κ3) is 20.4. The van der Waals surface area contributed by atoms with E-state index in [0.717, 1.165) is 5.56 Å². The second-order valence-electron chi connectivity index (χ2n) is 20.1. The lowest BCUT2D eigenvalue weighted by Gasteiger charge is -2.41. The second kappa shape index (κ2) is 26.2. The van der Waals surface area contributed by atoms with E-state index in [1.165, 1.54) is 12.0 Å². The molecule has 0 aliphatic carbocycles. The molecule has 0 radical (unpaired) electrons. The Labute approximate surface area is 412 Å². The smallest absolute Gasteiger partial charge is 0.408 e. The molecule has 4 unspecified atom stereocenters. The number of alkyl carbamates (subject to hydrolysis) is 3. The molecule has 2 aromatic rings.